The van der Waals surface area contributed by atoms with Gasteiger partial charge < -0.3 is 29.6 Å². The fraction of sp³-hybridized carbons (Fsp3) is 0.227. The van der Waals surface area contributed by atoms with Gasteiger partial charge in [-0.15, -0.1) is 0 Å². The van der Waals surface area contributed by atoms with Crippen LogP contribution in [-0.4, -0.2) is 45.7 Å². The van der Waals surface area contributed by atoms with Crippen molar-refractivity contribution in [1.29, 1.82) is 0 Å². The zero-order valence-corrected chi connectivity index (χ0v) is 17.7. The molecule has 0 aliphatic carbocycles. The largest absolute Gasteiger partial charge is 0.497 e. The van der Waals surface area contributed by atoms with Crippen LogP contribution in [0.2, 0.25) is 0 Å². The van der Waals surface area contributed by atoms with Crippen LogP contribution < -0.4 is 24.8 Å². The van der Waals surface area contributed by atoms with Gasteiger partial charge in [0.25, 0.3) is 5.91 Å². The monoisotopic (exact) mass is 428 g/mol. The quantitative estimate of drug-likeness (QED) is 0.466. The highest BCUT2D eigenvalue weighted by atomic mass is 16.5. The Kier molecular flexibility index (Phi) is 8.44. The van der Waals surface area contributed by atoms with E-state index < -0.39 is 18.5 Å². The first kappa shape index (κ1) is 23.3. The molecule has 0 saturated carbocycles. The first-order valence-corrected chi connectivity index (χ1v) is 9.18. The van der Waals surface area contributed by atoms with E-state index in [4.69, 9.17) is 18.9 Å². The van der Waals surface area contributed by atoms with Gasteiger partial charge in [0.15, 0.2) is 6.61 Å². The molecule has 0 fully saturated rings. The Morgan fingerprint density at radius 3 is 2.29 bits per heavy atom. The van der Waals surface area contributed by atoms with Gasteiger partial charge in [-0.05, 0) is 36.4 Å². The van der Waals surface area contributed by atoms with E-state index in [9.17, 15) is 14.4 Å². The summed E-state index contributed by atoms with van der Waals surface area (Å²) in [7, 11) is 4.49. The molecule has 0 spiro atoms. The first-order valence-electron chi connectivity index (χ1n) is 9.18. The second-order valence-corrected chi connectivity index (χ2v) is 6.19. The minimum Gasteiger partial charge on any atom is -0.497 e. The molecule has 9 nitrogen and oxygen atoms in total. The molecule has 0 radical (unpaired) electrons. The number of carbonyl (C=O) groups excluding carboxylic acids is 3. The summed E-state index contributed by atoms with van der Waals surface area (Å²) >= 11 is 0. The van der Waals surface area contributed by atoms with Crippen molar-refractivity contribution in [3.8, 4) is 17.2 Å². The van der Waals surface area contributed by atoms with Crippen molar-refractivity contribution >= 4 is 35.2 Å². The highest BCUT2D eigenvalue weighted by Crippen LogP contribution is 2.28. The van der Waals surface area contributed by atoms with Crippen LogP contribution in [0.5, 0.6) is 17.2 Å². The van der Waals surface area contributed by atoms with Crippen LogP contribution in [0.25, 0.3) is 6.08 Å². The Morgan fingerprint density at radius 1 is 0.903 bits per heavy atom. The molecule has 9 heteroatoms. The lowest BCUT2D eigenvalue weighted by Gasteiger charge is -2.12. The van der Waals surface area contributed by atoms with E-state index in [-0.39, 0.29) is 5.91 Å². The number of benzene rings is 2. The SMILES string of the molecule is COc1ccc(/C=C/C(=O)OCC(=O)Nc2cc(NC(C)=O)ccc2OC)c(OC)c1. The Balaban J connectivity index is 1.96. The highest BCUT2D eigenvalue weighted by Gasteiger charge is 2.11. The smallest absolute Gasteiger partial charge is 0.331 e. The van der Waals surface area contributed by atoms with Gasteiger partial charge in [-0.3, -0.25) is 9.59 Å². The second-order valence-electron chi connectivity index (χ2n) is 6.19. The van der Waals surface area contributed by atoms with Crippen molar-refractivity contribution in [2.75, 3.05) is 38.6 Å². The van der Waals surface area contributed by atoms with Crippen LogP contribution in [0.15, 0.2) is 42.5 Å². The van der Waals surface area contributed by atoms with E-state index in [0.717, 1.165) is 0 Å². The van der Waals surface area contributed by atoms with E-state index >= 15 is 0 Å². The molecule has 2 aromatic carbocycles. The van der Waals surface area contributed by atoms with Crippen molar-refractivity contribution < 1.29 is 33.3 Å². The van der Waals surface area contributed by atoms with Crippen LogP contribution in [-0.2, 0) is 19.1 Å². The topological polar surface area (TPSA) is 112 Å². The normalized spacial score (nSPS) is 10.3. The van der Waals surface area contributed by atoms with Gasteiger partial charge >= 0.3 is 5.97 Å². The zero-order chi connectivity index (χ0) is 22.8. The molecular weight excluding hydrogens is 404 g/mol. The average molecular weight is 428 g/mol. The molecular formula is C22H24N2O7. The van der Waals surface area contributed by atoms with Crippen molar-refractivity contribution in [2.24, 2.45) is 0 Å². The van der Waals surface area contributed by atoms with Crippen LogP contribution in [0.1, 0.15) is 12.5 Å². The van der Waals surface area contributed by atoms with Gasteiger partial charge in [0.05, 0.1) is 27.0 Å². The number of hydrogen-bond donors (Lipinski definition) is 2. The molecule has 0 aromatic heterocycles. The maximum atomic E-state index is 12.2. The minimum absolute atomic E-state index is 0.253. The first-order chi connectivity index (χ1) is 14.9. The number of carbonyl (C=O) groups is 3. The summed E-state index contributed by atoms with van der Waals surface area (Å²) in [6.45, 7) is 0.868. The molecule has 2 amide bonds. The van der Waals surface area contributed by atoms with Crippen LogP contribution in [0, 0.1) is 0 Å². The van der Waals surface area contributed by atoms with Crippen LogP contribution >= 0.6 is 0 Å². The highest BCUT2D eigenvalue weighted by molar-refractivity contribution is 5.97. The van der Waals surface area contributed by atoms with E-state index in [1.807, 2.05) is 0 Å². The molecule has 31 heavy (non-hydrogen) atoms. The van der Waals surface area contributed by atoms with Gasteiger partial charge in [0.2, 0.25) is 5.91 Å². The predicted molar refractivity (Wildman–Crippen MR) is 115 cm³/mol. The molecule has 0 unspecified atom stereocenters. The van der Waals surface area contributed by atoms with E-state index in [2.05, 4.69) is 10.6 Å². The lowest BCUT2D eigenvalue weighted by Crippen LogP contribution is -2.20. The second kappa shape index (κ2) is 11.2. The minimum atomic E-state index is -0.702. The molecule has 0 atom stereocenters. The summed E-state index contributed by atoms with van der Waals surface area (Å²) < 4.78 is 20.5. The van der Waals surface area contributed by atoms with E-state index in [0.29, 0.717) is 34.2 Å². The molecule has 0 aliphatic rings. The molecule has 0 saturated heterocycles. The lowest BCUT2D eigenvalue weighted by atomic mass is 10.2. The third-order valence-electron chi connectivity index (χ3n) is 3.98. The van der Waals surface area contributed by atoms with E-state index in [1.54, 1.807) is 37.4 Å². The maximum Gasteiger partial charge on any atom is 0.331 e. The lowest BCUT2D eigenvalue weighted by molar-refractivity contribution is -0.142. The van der Waals surface area contributed by atoms with E-state index in [1.165, 1.54) is 39.4 Å². The number of hydrogen-bond acceptors (Lipinski definition) is 7. The van der Waals surface area contributed by atoms with Gasteiger partial charge in [-0.2, -0.15) is 0 Å². The number of rotatable bonds is 9. The Morgan fingerprint density at radius 2 is 1.65 bits per heavy atom. The Hall–Kier alpha value is -4.01. The number of amides is 2. The fourth-order valence-corrected chi connectivity index (χ4v) is 2.57. The average Bonchev–Trinajstić information content (AvgIpc) is 2.75. The number of esters is 1. The van der Waals surface area contributed by atoms with Crippen LogP contribution in [0.4, 0.5) is 11.4 Å². The number of anilines is 2. The number of ether oxygens (including phenoxy) is 4. The molecule has 2 rings (SSSR count). The summed E-state index contributed by atoms with van der Waals surface area (Å²) in [6, 6.07) is 9.90. The molecule has 164 valence electrons. The predicted octanol–water partition coefficient (Wildman–Crippen LogP) is 2.87. The van der Waals surface area contributed by atoms with Crippen LogP contribution in [0.3, 0.4) is 0 Å². The summed E-state index contributed by atoms with van der Waals surface area (Å²) in [5.74, 6) is 0.00417. The molecule has 0 heterocycles. The molecule has 2 N–H and O–H groups in total. The number of nitrogens with one attached hydrogen (secondary N) is 2. The zero-order valence-electron chi connectivity index (χ0n) is 17.7. The van der Waals surface area contributed by atoms with Gasteiger partial charge in [-0.1, -0.05) is 0 Å². The standard InChI is InChI=1S/C22H24N2O7/c1-14(25)23-16-7-9-19(29-3)18(11-16)24-21(26)13-31-22(27)10-6-15-5-8-17(28-2)12-20(15)30-4/h5-12H,13H2,1-4H3,(H,23,25)(H,24,26)/b10-6+. The van der Waals surface area contributed by atoms with Gasteiger partial charge in [-0.25, -0.2) is 4.79 Å². The van der Waals surface area contributed by atoms with Crippen molar-refractivity contribution in [1.82, 2.24) is 0 Å². The van der Waals surface area contributed by atoms with Crippen molar-refractivity contribution in [2.45, 2.75) is 6.92 Å². The molecule has 0 bridgehead atoms. The Bertz CT molecular complexity index is 986. The van der Waals surface area contributed by atoms with Crippen molar-refractivity contribution in [3.05, 3.63) is 48.0 Å². The summed E-state index contributed by atoms with van der Waals surface area (Å²) in [5, 5.41) is 5.20. The third kappa shape index (κ3) is 7.07. The van der Waals surface area contributed by atoms with Gasteiger partial charge in [0, 0.05) is 30.3 Å². The van der Waals surface area contributed by atoms with Crippen molar-refractivity contribution in [3.63, 3.8) is 0 Å². The Labute approximate surface area is 179 Å². The summed E-state index contributed by atoms with van der Waals surface area (Å²) in [4.78, 5) is 35.3. The maximum absolute atomic E-state index is 12.2. The summed E-state index contributed by atoms with van der Waals surface area (Å²) in [6.07, 6.45) is 2.70. The summed E-state index contributed by atoms with van der Waals surface area (Å²) in [5.41, 5.74) is 1.45. The fourth-order valence-electron chi connectivity index (χ4n) is 2.57. The molecule has 0 aliphatic heterocycles. The third-order valence-corrected chi connectivity index (χ3v) is 3.98. The number of methoxy groups -OCH3 is 3. The molecule has 2 aromatic rings. The van der Waals surface area contributed by atoms with Gasteiger partial charge in [0.1, 0.15) is 17.2 Å².